The van der Waals surface area contributed by atoms with Crippen molar-refractivity contribution < 1.29 is 14.3 Å². The van der Waals surface area contributed by atoms with Gasteiger partial charge in [-0.15, -0.1) is 0 Å². The molecule has 0 aliphatic heterocycles. The number of halogens is 2. The molecule has 25 heavy (non-hydrogen) atoms. The molecular formula is C18H18BrClN2O3. The van der Waals surface area contributed by atoms with Gasteiger partial charge < -0.3 is 15.0 Å². The number of anilines is 1. The Kier molecular flexibility index (Phi) is 6.84. The molecule has 0 radical (unpaired) electrons. The SMILES string of the molecule is Cc1cc(Br)ccc1NC(=O)CN(C)C(=O)COc1ccccc1Cl. The zero-order valence-electron chi connectivity index (χ0n) is 13.9. The standard InChI is InChI=1S/C18H18BrClN2O3/c1-12-9-13(19)7-8-15(12)21-17(23)10-22(2)18(24)11-25-16-6-4-3-5-14(16)20/h3-9H,10-11H2,1-2H3,(H,21,23). The van der Waals surface area contributed by atoms with Crippen molar-refractivity contribution >= 4 is 45.0 Å². The van der Waals surface area contributed by atoms with Crippen LogP contribution in [0, 0.1) is 6.92 Å². The maximum Gasteiger partial charge on any atom is 0.260 e. The highest BCUT2D eigenvalue weighted by molar-refractivity contribution is 9.10. The van der Waals surface area contributed by atoms with E-state index in [2.05, 4.69) is 21.2 Å². The number of ether oxygens (including phenoxy) is 1. The third-order valence-corrected chi connectivity index (χ3v) is 4.26. The van der Waals surface area contributed by atoms with Crippen LogP contribution in [0.2, 0.25) is 5.02 Å². The fourth-order valence-electron chi connectivity index (χ4n) is 2.07. The first kappa shape index (κ1) is 19.3. The smallest absolute Gasteiger partial charge is 0.260 e. The summed E-state index contributed by atoms with van der Waals surface area (Å²) in [6.45, 7) is 1.64. The van der Waals surface area contributed by atoms with E-state index in [0.29, 0.717) is 16.5 Å². The van der Waals surface area contributed by atoms with E-state index < -0.39 is 0 Å². The summed E-state index contributed by atoms with van der Waals surface area (Å²) in [5.41, 5.74) is 1.64. The molecule has 0 bridgehead atoms. The number of aryl methyl sites for hydroxylation is 1. The van der Waals surface area contributed by atoms with Gasteiger partial charge in [0.1, 0.15) is 5.75 Å². The maximum absolute atomic E-state index is 12.1. The Balaban J connectivity index is 1.85. The summed E-state index contributed by atoms with van der Waals surface area (Å²) < 4.78 is 6.33. The van der Waals surface area contributed by atoms with Crippen LogP contribution in [0.4, 0.5) is 5.69 Å². The van der Waals surface area contributed by atoms with E-state index in [1.807, 2.05) is 19.1 Å². The molecule has 0 saturated carbocycles. The number of carbonyl (C=O) groups excluding carboxylic acids is 2. The van der Waals surface area contributed by atoms with Crippen molar-refractivity contribution in [2.24, 2.45) is 0 Å². The molecule has 1 N–H and O–H groups in total. The van der Waals surface area contributed by atoms with Gasteiger partial charge in [0.25, 0.3) is 5.91 Å². The number of hydrogen-bond acceptors (Lipinski definition) is 3. The van der Waals surface area contributed by atoms with Gasteiger partial charge >= 0.3 is 0 Å². The number of hydrogen-bond donors (Lipinski definition) is 1. The minimum absolute atomic E-state index is 0.0692. The first-order valence-electron chi connectivity index (χ1n) is 7.54. The molecule has 132 valence electrons. The van der Waals surface area contributed by atoms with Gasteiger partial charge in [-0.1, -0.05) is 39.7 Å². The van der Waals surface area contributed by atoms with Crippen molar-refractivity contribution in [1.82, 2.24) is 4.90 Å². The van der Waals surface area contributed by atoms with E-state index in [-0.39, 0.29) is 25.0 Å². The number of carbonyl (C=O) groups is 2. The third-order valence-electron chi connectivity index (χ3n) is 3.46. The molecule has 0 aromatic heterocycles. The normalized spacial score (nSPS) is 10.2. The quantitative estimate of drug-likeness (QED) is 0.764. The highest BCUT2D eigenvalue weighted by atomic mass is 79.9. The van der Waals surface area contributed by atoms with Crippen LogP contribution in [0.25, 0.3) is 0 Å². The second-order valence-electron chi connectivity index (χ2n) is 5.48. The molecule has 2 rings (SSSR count). The second-order valence-corrected chi connectivity index (χ2v) is 6.80. The molecule has 0 atom stereocenters. The fraction of sp³-hybridized carbons (Fsp3) is 0.222. The van der Waals surface area contributed by atoms with E-state index in [1.165, 1.54) is 4.90 Å². The van der Waals surface area contributed by atoms with Crippen molar-refractivity contribution in [2.45, 2.75) is 6.92 Å². The van der Waals surface area contributed by atoms with Gasteiger partial charge in [-0.2, -0.15) is 0 Å². The summed E-state index contributed by atoms with van der Waals surface area (Å²) in [4.78, 5) is 25.5. The van der Waals surface area contributed by atoms with Crippen LogP contribution in [0.1, 0.15) is 5.56 Å². The van der Waals surface area contributed by atoms with Crippen LogP contribution in [-0.2, 0) is 9.59 Å². The summed E-state index contributed by atoms with van der Waals surface area (Å²) in [7, 11) is 1.55. The molecule has 0 aliphatic rings. The molecule has 2 amide bonds. The summed E-state index contributed by atoms with van der Waals surface area (Å²) in [6, 6.07) is 12.5. The Morgan fingerprint density at radius 2 is 1.96 bits per heavy atom. The van der Waals surface area contributed by atoms with E-state index in [1.54, 1.807) is 37.4 Å². The molecule has 0 saturated heterocycles. The van der Waals surface area contributed by atoms with Gasteiger partial charge in [0, 0.05) is 17.2 Å². The van der Waals surface area contributed by atoms with E-state index >= 15 is 0 Å². The topological polar surface area (TPSA) is 58.6 Å². The Labute approximate surface area is 160 Å². The number of likely N-dealkylation sites (N-methyl/N-ethyl adjacent to an activating group) is 1. The van der Waals surface area contributed by atoms with Crippen LogP contribution in [0.5, 0.6) is 5.75 Å². The lowest BCUT2D eigenvalue weighted by Gasteiger charge is -2.18. The Morgan fingerprint density at radius 3 is 2.64 bits per heavy atom. The Bertz CT molecular complexity index is 783. The van der Waals surface area contributed by atoms with Gasteiger partial charge in [0.05, 0.1) is 11.6 Å². The molecule has 5 nitrogen and oxygen atoms in total. The molecule has 0 spiro atoms. The van der Waals surface area contributed by atoms with Crippen LogP contribution in [0.15, 0.2) is 46.9 Å². The summed E-state index contributed by atoms with van der Waals surface area (Å²) >= 11 is 9.34. The molecule has 0 fully saturated rings. The lowest BCUT2D eigenvalue weighted by Crippen LogP contribution is -2.37. The van der Waals surface area contributed by atoms with Crippen LogP contribution in [0.3, 0.4) is 0 Å². The lowest BCUT2D eigenvalue weighted by atomic mass is 10.2. The molecule has 0 unspecified atom stereocenters. The minimum atomic E-state index is -0.317. The molecular weight excluding hydrogens is 408 g/mol. The Hall–Kier alpha value is -2.05. The predicted octanol–water partition coefficient (Wildman–Crippen LogP) is 3.89. The first-order valence-corrected chi connectivity index (χ1v) is 8.71. The molecule has 2 aromatic carbocycles. The minimum Gasteiger partial charge on any atom is -0.482 e. The van der Waals surface area contributed by atoms with Crippen LogP contribution < -0.4 is 10.1 Å². The largest absolute Gasteiger partial charge is 0.482 e. The maximum atomic E-state index is 12.1. The van der Waals surface area contributed by atoms with Crippen LogP contribution >= 0.6 is 27.5 Å². The molecule has 7 heteroatoms. The number of nitrogens with one attached hydrogen (secondary N) is 1. The van der Waals surface area contributed by atoms with E-state index in [0.717, 1.165) is 10.0 Å². The van der Waals surface area contributed by atoms with E-state index in [4.69, 9.17) is 16.3 Å². The van der Waals surface area contributed by atoms with Gasteiger partial charge in [-0.25, -0.2) is 0 Å². The predicted molar refractivity (Wildman–Crippen MR) is 102 cm³/mol. The summed E-state index contributed by atoms with van der Waals surface area (Å²) in [5.74, 6) is -0.164. The summed E-state index contributed by atoms with van der Waals surface area (Å²) in [6.07, 6.45) is 0. The van der Waals surface area contributed by atoms with Crippen molar-refractivity contribution in [2.75, 3.05) is 25.5 Å². The van der Waals surface area contributed by atoms with Gasteiger partial charge in [0.2, 0.25) is 5.91 Å². The summed E-state index contributed by atoms with van der Waals surface area (Å²) in [5, 5.41) is 3.22. The Morgan fingerprint density at radius 1 is 1.24 bits per heavy atom. The van der Waals surface area contributed by atoms with Crippen molar-refractivity contribution in [3.63, 3.8) is 0 Å². The highest BCUT2D eigenvalue weighted by Crippen LogP contribution is 2.23. The van der Waals surface area contributed by atoms with Crippen molar-refractivity contribution in [1.29, 1.82) is 0 Å². The van der Waals surface area contributed by atoms with Crippen molar-refractivity contribution in [3.05, 3.63) is 57.5 Å². The molecule has 0 aliphatic carbocycles. The number of benzene rings is 2. The van der Waals surface area contributed by atoms with E-state index in [9.17, 15) is 9.59 Å². The average Bonchev–Trinajstić information content (AvgIpc) is 2.56. The lowest BCUT2D eigenvalue weighted by molar-refractivity contribution is -0.135. The number of amides is 2. The number of rotatable bonds is 6. The molecule has 0 heterocycles. The fourth-order valence-corrected chi connectivity index (χ4v) is 2.74. The average molecular weight is 426 g/mol. The second kappa shape index (κ2) is 8.87. The molecule has 2 aromatic rings. The first-order chi connectivity index (χ1) is 11.9. The van der Waals surface area contributed by atoms with Crippen LogP contribution in [-0.4, -0.2) is 36.9 Å². The van der Waals surface area contributed by atoms with Gasteiger partial charge in [0.15, 0.2) is 6.61 Å². The third kappa shape index (κ3) is 5.76. The monoisotopic (exact) mass is 424 g/mol. The van der Waals surface area contributed by atoms with Gasteiger partial charge in [-0.05, 0) is 42.8 Å². The van der Waals surface area contributed by atoms with Crippen molar-refractivity contribution in [3.8, 4) is 5.75 Å². The van der Waals surface area contributed by atoms with Gasteiger partial charge in [-0.3, -0.25) is 9.59 Å². The number of para-hydroxylation sites is 1. The zero-order chi connectivity index (χ0) is 18.4. The zero-order valence-corrected chi connectivity index (χ0v) is 16.2. The highest BCUT2D eigenvalue weighted by Gasteiger charge is 2.15. The number of nitrogens with zero attached hydrogens (tertiary/aromatic N) is 1.